The summed E-state index contributed by atoms with van der Waals surface area (Å²) in [6, 6.07) is 0. The van der Waals surface area contributed by atoms with Crippen LogP contribution >= 0.6 is 0 Å². The van der Waals surface area contributed by atoms with Gasteiger partial charge in [-0.1, -0.05) is 0 Å². The molecule has 0 fully saturated rings. The number of rotatable bonds is 8. The summed E-state index contributed by atoms with van der Waals surface area (Å²) in [5.41, 5.74) is 5.09. The van der Waals surface area contributed by atoms with Gasteiger partial charge >= 0.3 is 0 Å². The molecule has 0 rings (SSSR count). The van der Waals surface area contributed by atoms with Crippen LogP contribution in [0.2, 0.25) is 0 Å². The summed E-state index contributed by atoms with van der Waals surface area (Å²) in [5.74, 6) is 0. The molecule has 4 heteroatoms. The minimum absolute atomic E-state index is 0.0140. The van der Waals surface area contributed by atoms with Crippen molar-refractivity contribution in [3.63, 3.8) is 0 Å². The van der Waals surface area contributed by atoms with E-state index >= 15 is 0 Å². The van der Waals surface area contributed by atoms with Crippen molar-refractivity contribution in [3.8, 4) is 0 Å². The van der Waals surface area contributed by atoms with Crippen molar-refractivity contribution in [2.75, 3.05) is 26.9 Å². The van der Waals surface area contributed by atoms with Gasteiger partial charge in [-0.25, -0.2) is 0 Å². The molecule has 15 heavy (non-hydrogen) atoms. The Morgan fingerprint density at radius 3 is 2.13 bits per heavy atom. The van der Waals surface area contributed by atoms with Crippen LogP contribution in [0.25, 0.3) is 0 Å². The Balaban J connectivity index is 3.48. The third-order valence-corrected chi connectivity index (χ3v) is 2.58. The van der Waals surface area contributed by atoms with Crippen molar-refractivity contribution in [1.82, 2.24) is 0 Å². The van der Waals surface area contributed by atoms with Crippen molar-refractivity contribution in [2.45, 2.75) is 44.8 Å². The number of ether oxygens (including phenoxy) is 2. The average molecular weight is 219 g/mol. The van der Waals surface area contributed by atoms with Crippen LogP contribution in [0.3, 0.4) is 0 Å². The highest BCUT2D eigenvalue weighted by molar-refractivity contribution is 4.76. The molecule has 0 spiro atoms. The fraction of sp³-hybridized carbons (Fsp3) is 1.00. The molecule has 0 aliphatic carbocycles. The molecule has 0 aromatic heterocycles. The SMILES string of the molecule is COC(C)(C)CCOCCC(C)(N)CO. The molecule has 3 N–H and O–H groups in total. The molecule has 92 valence electrons. The lowest BCUT2D eigenvalue weighted by Gasteiger charge is -2.24. The second-order valence-electron chi connectivity index (χ2n) is 4.89. The predicted molar refractivity (Wildman–Crippen MR) is 60.8 cm³/mol. The third-order valence-electron chi connectivity index (χ3n) is 2.58. The lowest BCUT2D eigenvalue weighted by molar-refractivity contribution is -0.0121. The first kappa shape index (κ1) is 14.8. The van der Waals surface area contributed by atoms with Gasteiger partial charge in [0.2, 0.25) is 0 Å². The standard InChI is InChI=1S/C11H25NO3/c1-10(2,14-4)5-7-15-8-6-11(3,12)9-13/h13H,5-9,12H2,1-4H3. The molecule has 4 nitrogen and oxygen atoms in total. The summed E-state index contributed by atoms with van der Waals surface area (Å²) < 4.78 is 10.7. The van der Waals surface area contributed by atoms with E-state index in [9.17, 15) is 0 Å². The summed E-state index contributed by atoms with van der Waals surface area (Å²) >= 11 is 0. The van der Waals surface area contributed by atoms with Crippen LogP contribution in [-0.2, 0) is 9.47 Å². The van der Waals surface area contributed by atoms with E-state index in [4.69, 9.17) is 20.3 Å². The number of aliphatic hydroxyl groups excluding tert-OH is 1. The number of aliphatic hydroxyl groups is 1. The van der Waals surface area contributed by atoms with Gasteiger partial charge in [0.15, 0.2) is 0 Å². The van der Waals surface area contributed by atoms with Gasteiger partial charge in [-0.05, 0) is 33.6 Å². The monoisotopic (exact) mass is 219 g/mol. The molecule has 0 amide bonds. The van der Waals surface area contributed by atoms with Crippen LogP contribution < -0.4 is 5.73 Å². The zero-order valence-electron chi connectivity index (χ0n) is 10.4. The van der Waals surface area contributed by atoms with E-state index in [-0.39, 0.29) is 12.2 Å². The van der Waals surface area contributed by atoms with Crippen molar-refractivity contribution in [2.24, 2.45) is 5.73 Å². The van der Waals surface area contributed by atoms with Crippen molar-refractivity contribution >= 4 is 0 Å². The van der Waals surface area contributed by atoms with Gasteiger partial charge in [-0.15, -0.1) is 0 Å². The Morgan fingerprint density at radius 2 is 1.67 bits per heavy atom. The highest BCUT2D eigenvalue weighted by atomic mass is 16.5. The lowest BCUT2D eigenvalue weighted by Crippen LogP contribution is -2.41. The molecule has 1 atom stereocenters. The van der Waals surface area contributed by atoms with Gasteiger partial charge in [0.1, 0.15) is 0 Å². The van der Waals surface area contributed by atoms with E-state index in [0.29, 0.717) is 19.6 Å². The van der Waals surface area contributed by atoms with E-state index in [1.165, 1.54) is 0 Å². The fourth-order valence-electron chi connectivity index (χ4n) is 0.906. The summed E-state index contributed by atoms with van der Waals surface area (Å²) in [5, 5.41) is 8.92. The zero-order chi connectivity index (χ0) is 11.9. The zero-order valence-corrected chi connectivity index (χ0v) is 10.4. The second kappa shape index (κ2) is 6.43. The minimum atomic E-state index is -0.531. The molecule has 0 radical (unpaired) electrons. The number of hydrogen-bond donors (Lipinski definition) is 2. The van der Waals surface area contributed by atoms with E-state index in [0.717, 1.165) is 6.42 Å². The summed E-state index contributed by atoms with van der Waals surface area (Å²) in [6.45, 7) is 7.08. The first-order chi connectivity index (χ1) is 6.83. The number of methoxy groups -OCH3 is 1. The van der Waals surface area contributed by atoms with Gasteiger partial charge in [0.05, 0.1) is 12.2 Å². The maximum atomic E-state index is 8.92. The van der Waals surface area contributed by atoms with Crippen LogP contribution in [0.15, 0.2) is 0 Å². The Bertz CT molecular complexity index is 151. The highest BCUT2D eigenvalue weighted by Crippen LogP contribution is 2.13. The molecule has 0 aromatic carbocycles. The van der Waals surface area contributed by atoms with Gasteiger partial charge in [0.25, 0.3) is 0 Å². The number of hydrogen-bond acceptors (Lipinski definition) is 4. The van der Waals surface area contributed by atoms with Crippen LogP contribution in [0, 0.1) is 0 Å². The maximum Gasteiger partial charge on any atom is 0.0644 e. The first-order valence-corrected chi connectivity index (χ1v) is 5.36. The van der Waals surface area contributed by atoms with Crippen LogP contribution in [0.1, 0.15) is 33.6 Å². The molecule has 0 heterocycles. The van der Waals surface area contributed by atoms with Crippen molar-refractivity contribution in [1.29, 1.82) is 0 Å². The minimum Gasteiger partial charge on any atom is -0.394 e. The molecular weight excluding hydrogens is 194 g/mol. The summed E-state index contributed by atoms with van der Waals surface area (Å²) in [7, 11) is 1.70. The Morgan fingerprint density at radius 1 is 1.13 bits per heavy atom. The molecule has 1 unspecified atom stereocenters. The lowest BCUT2D eigenvalue weighted by atomic mass is 10.0. The van der Waals surface area contributed by atoms with Crippen molar-refractivity contribution < 1.29 is 14.6 Å². The van der Waals surface area contributed by atoms with Crippen LogP contribution in [0.5, 0.6) is 0 Å². The molecule has 0 aromatic rings. The second-order valence-corrected chi connectivity index (χ2v) is 4.89. The van der Waals surface area contributed by atoms with E-state index < -0.39 is 5.54 Å². The Hall–Kier alpha value is -0.160. The van der Waals surface area contributed by atoms with E-state index in [1.54, 1.807) is 7.11 Å². The molecule has 0 aliphatic heterocycles. The van der Waals surface area contributed by atoms with Crippen LogP contribution in [0.4, 0.5) is 0 Å². The average Bonchev–Trinajstić information content (AvgIpc) is 2.17. The van der Waals surface area contributed by atoms with Gasteiger partial charge in [-0.3, -0.25) is 0 Å². The van der Waals surface area contributed by atoms with Crippen molar-refractivity contribution in [3.05, 3.63) is 0 Å². The fourth-order valence-corrected chi connectivity index (χ4v) is 0.906. The Kier molecular flexibility index (Phi) is 6.36. The predicted octanol–water partition coefficient (Wildman–Crippen LogP) is 0.918. The largest absolute Gasteiger partial charge is 0.394 e. The Labute approximate surface area is 92.7 Å². The first-order valence-electron chi connectivity index (χ1n) is 5.36. The molecule has 0 bridgehead atoms. The summed E-state index contributed by atoms with van der Waals surface area (Å²) in [4.78, 5) is 0. The topological polar surface area (TPSA) is 64.7 Å². The smallest absolute Gasteiger partial charge is 0.0644 e. The van der Waals surface area contributed by atoms with Crippen LogP contribution in [-0.4, -0.2) is 43.2 Å². The van der Waals surface area contributed by atoms with Gasteiger partial charge in [0, 0.05) is 25.9 Å². The third kappa shape index (κ3) is 7.73. The normalized spacial score (nSPS) is 16.4. The maximum absolute atomic E-state index is 8.92. The molecule has 0 saturated carbocycles. The quantitative estimate of drug-likeness (QED) is 0.596. The van der Waals surface area contributed by atoms with E-state index in [1.807, 2.05) is 20.8 Å². The van der Waals surface area contributed by atoms with Gasteiger partial charge in [-0.2, -0.15) is 0 Å². The molecule has 0 saturated heterocycles. The highest BCUT2D eigenvalue weighted by Gasteiger charge is 2.18. The van der Waals surface area contributed by atoms with E-state index in [2.05, 4.69) is 0 Å². The van der Waals surface area contributed by atoms with Gasteiger partial charge < -0.3 is 20.3 Å². The number of nitrogens with two attached hydrogens (primary N) is 1. The molecule has 0 aliphatic rings. The molecular formula is C11H25NO3. The summed E-state index contributed by atoms with van der Waals surface area (Å²) in [6.07, 6.45) is 1.51.